The van der Waals surface area contributed by atoms with Crippen molar-refractivity contribution in [1.82, 2.24) is 0 Å². The van der Waals surface area contributed by atoms with Crippen molar-refractivity contribution < 1.29 is 13.4 Å². The third kappa shape index (κ3) is 2.99. The predicted molar refractivity (Wildman–Crippen MR) is 119 cm³/mol. The van der Waals surface area contributed by atoms with E-state index < -0.39 is 7.40 Å². The van der Waals surface area contributed by atoms with Crippen LogP contribution in [-0.2, 0) is 0 Å². The van der Waals surface area contributed by atoms with E-state index in [1.54, 1.807) is 42.5 Å². The molecule has 0 saturated heterocycles. The summed E-state index contributed by atoms with van der Waals surface area (Å²) in [4.78, 5) is 13.8. The second-order valence-electron chi connectivity index (χ2n) is 7.17. The number of benzene rings is 4. The minimum atomic E-state index is -2.79. The van der Waals surface area contributed by atoms with Crippen LogP contribution < -0.4 is 4.81 Å². The summed E-state index contributed by atoms with van der Waals surface area (Å²) in [6.45, 7) is 0. The molecule has 0 N–H and O–H groups in total. The molecule has 0 aromatic heterocycles. The second kappa shape index (κ2) is 7.27. The lowest BCUT2D eigenvalue weighted by atomic mass is 9.87. The zero-order valence-corrected chi connectivity index (χ0v) is 15.9. The number of ketones is 1. The second-order valence-corrected chi connectivity index (χ2v) is 7.17. The number of nitrogens with zero attached hydrogens (tertiary/aromatic N) is 1. The maximum Gasteiger partial charge on any atom is 0.678 e. The smallest absolute Gasteiger partial charge is 0.325 e. The first-order chi connectivity index (χ1) is 14.6. The van der Waals surface area contributed by atoms with Gasteiger partial charge in [-0.15, -0.1) is 0 Å². The van der Waals surface area contributed by atoms with Crippen molar-refractivity contribution in [2.45, 2.75) is 0 Å². The van der Waals surface area contributed by atoms with Gasteiger partial charge < -0.3 is 4.81 Å². The van der Waals surface area contributed by atoms with Gasteiger partial charge in [-0.2, -0.15) is 0 Å². The molecule has 0 heterocycles. The Morgan fingerprint density at radius 3 is 2.13 bits per heavy atom. The Morgan fingerprint density at radius 1 is 0.733 bits per heavy atom. The molecule has 30 heavy (non-hydrogen) atoms. The standard InChI is InChI=1S/C25H16BF2NO/c27-26(28)29(21-9-5-2-6-10-21)22-13-11-18-15-20(17-7-3-1-4-8-17)16-19-12-14-23(30)25(22)24(18)19/h1-16H. The summed E-state index contributed by atoms with van der Waals surface area (Å²) < 4.78 is 28.2. The van der Waals surface area contributed by atoms with Crippen LogP contribution >= 0.6 is 0 Å². The Labute approximate surface area is 173 Å². The normalized spacial score (nSPS) is 12.3. The van der Waals surface area contributed by atoms with E-state index in [9.17, 15) is 13.4 Å². The highest BCUT2D eigenvalue weighted by Crippen LogP contribution is 2.40. The number of halogens is 2. The van der Waals surface area contributed by atoms with Gasteiger partial charge in [-0.25, -0.2) is 0 Å². The molecule has 0 fully saturated rings. The van der Waals surface area contributed by atoms with E-state index >= 15 is 0 Å². The maximum absolute atomic E-state index is 14.1. The fourth-order valence-electron chi connectivity index (χ4n) is 4.06. The molecule has 5 rings (SSSR count). The van der Waals surface area contributed by atoms with Crippen molar-refractivity contribution in [3.8, 4) is 11.1 Å². The quantitative estimate of drug-likeness (QED) is 0.355. The summed E-state index contributed by atoms with van der Waals surface area (Å²) >= 11 is 0. The average molecular weight is 395 g/mol. The van der Waals surface area contributed by atoms with Gasteiger partial charge >= 0.3 is 7.40 Å². The fourth-order valence-corrected chi connectivity index (χ4v) is 4.06. The predicted octanol–water partition coefficient (Wildman–Crippen LogP) is 6.78. The van der Waals surface area contributed by atoms with Gasteiger partial charge in [0, 0.05) is 16.8 Å². The molecule has 0 bridgehead atoms. The average Bonchev–Trinajstić information content (AvgIpc) is 2.78. The van der Waals surface area contributed by atoms with Crippen molar-refractivity contribution in [2.75, 3.05) is 4.81 Å². The minimum absolute atomic E-state index is 0.215. The Hall–Kier alpha value is -3.73. The van der Waals surface area contributed by atoms with Crippen LogP contribution in [0.15, 0.2) is 91.0 Å². The van der Waals surface area contributed by atoms with Gasteiger partial charge in [0.15, 0.2) is 5.78 Å². The lowest BCUT2D eigenvalue weighted by Crippen LogP contribution is -2.29. The molecule has 0 atom stereocenters. The molecule has 4 aromatic carbocycles. The van der Waals surface area contributed by atoms with E-state index in [0.717, 1.165) is 26.9 Å². The largest absolute Gasteiger partial charge is 0.678 e. The number of hydrogen-bond acceptors (Lipinski definition) is 2. The van der Waals surface area contributed by atoms with Crippen LogP contribution in [0.2, 0.25) is 0 Å². The topological polar surface area (TPSA) is 20.3 Å². The molecule has 1 aliphatic carbocycles. The van der Waals surface area contributed by atoms with E-state index in [0.29, 0.717) is 16.6 Å². The van der Waals surface area contributed by atoms with Crippen LogP contribution in [0.4, 0.5) is 20.0 Å². The van der Waals surface area contributed by atoms with Crippen LogP contribution in [0.25, 0.3) is 28.0 Å². The van der Waals surface area contributed by atoms with Crippen LogP contribution in [0.3, 0.4) is 0 Å². The summed E-state index contributed by atoms with van der Waals surface area (Å²) in [5.74, 6) is -0.267. The van der Waals surface area contributed by atoms with Crippen molar-refractivity contribution in [3.63, 3.8) is 0 Å². The molecule has 4 aromatic rings. The van der Waals surface area contributed by atoms with E-state index in [1.165, 1.54) is 6.08 Å². The van der Waals surface area contributed by atoms with E-state index in [1.807, 2.05) is 48.5 Å². The third-order valence-corrected chi connectivity index (χ3v) is 5.38. The van der Waals surface area contributed by atoms with Gasteiger partial charge in [0.25, 0.3) is 0 Å². The summed E-state index contributed by atoms with van der Waals surface area (Å²) in [5, 5.41) is 1.56. The zero-order valence-electron chi connectivity index (χ0n) is 15.9. The van der Waals surface area contributed by atoms with Crippen molar-refractivity contribution in [2.24, 2.45) is 0 Å². The third-order valence-electron chi connectivity index (χ3n) is 5.38. The van der Waals surface area contributed by atoms with Gasteiger partial charge in [-0.3, -0.25) is 13.4 Å². The Morgan fingerprint density at radius 2 is 1.43 bits per heavy atom. The van der Waals surface area contributed by atoms with Gasteiger partial charge in [-0.1, -0.05) is 60.7 Å². The molecule has 1 aliphatic rings. The fraction of sp³-hybridized carbons (Fsp3) is 0. The van der Waals surface area contributed by atoms with E-state index in [4.69, 9.17) is 0 Å². The Balaban J connectivity index is 1.76. The van der Waals surface area contributed by atoms with Gasteiger partial charge in [0.2, 0.25) is 0 Å². The summed E-state index contributed by atoms with van der Waals surface area (Å²) in [6, 6.07) is 25.8. The zero-order chi connectivity index (χ0) is 20.7. The first-order valence-corrected chi connectivity index (χ1v) is 9.64. The molecule has 5 heteroatoms. The first kappa shape index (κ1) is 18.3. The molecule has 0 aliphatic heterocycles. The van der Waals surface area contributed by atoms with Crippen LogP contribution in [0.1, 0.15) is 15.9 Å². The van der Waals surface area contributed by atoms with Crippen molar-refractivity contribution in [3.05, 3.63) is 102 Å². The number of para-hydroxylation sites is 1. The number of rotatable bonds is 4. The van der Waals surface area contributed by atoms with Crippen LogP contribution in [0.5, 0.6) is 0 Å². The Kier molecular flexibility index (Phi) is 4.44. The van der Waals surface area contributed by atoms with Crippen LogP contribution in [-0.4, -0.2) is 13.2 Å². The molecule has 0 radical (unpaired) electrons. The highest BCUT2D eigenvalue weighted by Gasteiger charge is 2.32. The minimum Gasteiger partial charge on any atom is -0.325 e. The van der Waals surface area contributed by atoms with Gasteiger partial charge in [0.05, 0.1) is 5.56 Å². The summed E-state index contributed by atoms with van der Waals surface area (Å²) in [6.07, 6.45) is 3.23. The lowest BCUT2D eigenvalue weighted by Gasteiger charge is -2.26. The number of hydrogen-bond donors (Lipinski definition) is 0. The molecule has 144 valence electrons. The van der Waals surface area contributed by atoms with E-state index in [-0.39, 0.29) is 11.5 Å². The lowest BCUT2D eigenvalue weighted by molar-refractivity contribution is 0.104. The number of carbonyl (C=O) groups is 1. The molecule has 0 amide bonds. The number of carbonyl (C=O) groups excluding carboxylic acids is 1. The Bertz CT molecular complexity index is 1290. The maximum atomic E-state index is 14.1. The SMILES string of the molecule is O=C1C=Cc2cc(-c3ccccc3)cc3ccc(N(B(F)F)c4ccccc4)c1c23. The molecule has 0 unspecified atom stereocenters. The molecule has 0 saturated carbocycles. The molecule has 2 nitrogen and oxygen atoms in total. The molecule has 0 spiro atoms. The monoisotopic (exact) mass is 395 g/mol. The number of allylic oxidation sites excluding steroid dienone is 1. The van der Waals surface area contributed by atoms with Crippen LogP contribution in [0, 0.1) is 0 Å². The van der Waals surface area contributed by atoms with Gasteiger partial charge in [0.1, 0.15) is 0 Å². The first-order valence-electron chi connectivity index (χ1n) is 9.64. The van der Waals surface area contributed by atoms with Crippen molar-refractivity contribution in [1.29, 1.82) is 0 Å². The van der Waals surface area contributed by atoms with E-state index in [2.05, 4.69) is 0 Å². The summed E-state index contributed by atoms with van der Waals surface area (Å²) in [7, 11) is -2.79. The number of anilines is 2. The summed E-state index contributed by atoms with van der Waals surface area (Å²) in [5.41, 5.74) is 3.80. The highest BCUT2D eigenvalue weighted by molar-refractivity contribution is 6.51. The molecular formula is C25H16BF2NO. The molecular weight excluding hydrogens is 379 g/mol. The van der Waals surface area contributed by atoms with Crippen molar-refractivity contribution >= 4 is 41.4 Å². The highest BCUT2D eigenvalue weighted by atomic mass is 19.2. The van der Waals surface area contributed by atoms with Gasteiger partial charge in [-0.05, 0) is 58.5 Å².